The number of piperidine rings is 1. The molecule has 2 aromatic carbocycles. The van der Waals surface area contributed by atoms with Crippen molar-refractivity contribution in [1.29, 1.82) is 0 Å². The van der Waals surface area contributed by atoms with Crippen LogP contribution in [0.1, 0.15) is 48.5 Å². The Morgan fingerprint density at radius 3 is 2.90 bits per heavy atom. The zero-order valence-corrected chi connectivity index (χ0v) is 18.7. The Labute approximate surface area is 188 Å². The lowest BCUT2D eigenvalue weighted by atomic mass is 10.0. The van der Waals surface area contributed by atoms with Crippen molar-refractivity contribution in [2.45, 2.75) is 45.2 Å². The summed E-state index contributed by atoms with van der Waals surface area (Å²) in [5.41, 5.74) is 1.57. The molecule has 1 aromatic heterocycles. The van der Waals surface area contributed by atoms with E-state index in [2.05, 4.69) is 17.1 Å². The first-order chi connectivity index (χ1) is 15.0. The molecular weight excluding hydrogens is 410 g/mol. The zero-order chi connectivity index (χ0) is 21.8. The Bertz CT molecular complexity index is 1060. The molecule has 1 atom stereocenters. The molecule has 1 aliphatic rings. The third-order valence-corrected chi connectivity index (χ3v) is 6.45. The van der Waals surface area contributed by atoms with E-state index in [9.17, 15) is 9.90 Å². The number of fused-ring (bicyclic) bond motifs is 1. The van der Waals surface area contributed by atoms with Gasteiger partial charge in [0.25, 0.3) is 5.91 Å². The first kappa shape index (κ1) is 21.7. The van der Waals surface area contributed by atoms with Gasteiger partial charge in [0, 0.05) is 46.7 Å². The van der Waals surface area contributed by atoms with Crippen LogP contribution in [0.2, 0.25) is 5.02 Å². The minimum absolute atomic E-state index is 0.101. The number of hydrogen-bond donors (Lipinski definition) is 2. The molecule has 164 valence electrons. The summed E-state index contributed by atoms with van der Waals surface area (Å²) in [6.45, 7) is 5.64. The number of likely N-dealkylation sites (tertiary alicyclic amines) is 1. The number of carbonyl (C=O) groups is 1. The van der Waals surface area contributed by atoms with Crippen LogP contribution in [-0.2, 0) is 6.54 Å². The smallest absolute Gasteiger partial charge is 0.251 e. The molecule has 3 aromatic rings. The van der Waals surface area contributed by atoms with Gasteiger partial charge in [-0.3, -0.25) is 4.79 Å². The molecule has 0 bridgehead atoms. The van der Waals surface area contributed by atoms with Crippen molar-refractivity contribution < 1.29 is 9.90 Å². The summed E-state index contributed by atoms with van der Waals surface area (Å²) in [7, 11) is 0. The van der Waals surface area contributed by atoms with Crippen LogP contribution in [0.3, 0.4) is 0 Å². The summed E-state index contributed by atoms with van der Waals surface area (Å²) in [5.74, 6) is 0.0549. The van der Waals surface area contributed by atoms with Gasteiger partial charge in [-0.1, -0.05) is 36.2 Å². The zero-order valence-electron chi connectivity index (χ0n) is 18.0. The lowest BCUT2D eigenvalue weighted by Crippen LogP contribution is -2.39. The molecule has 31 heavy (non-hydrogen) atoms. The SMILES string of the molecule is CC1CCCCN1CCCNC(=O)c1ccc2cn(Cc3cccc(Cl)c3)c(O)c2c1. The highest BCUT2D eigenvalue weighted by atomic mass is 35.5. The van der Waals surface area contributed by atoms with E-state index < -0.39 is 0 Å². The number of hydrogen-bond acceptors (Lipinski definition) is 3. The standard InChI is InChI=1S/C25H30ClN3O2/c1-18-6-2-3-12-28(18)13-5-11-27-24(30)20-9-10-21-17-29(25(31)23(21)15-20)16-19-7-4-8-22(26)14-19/h4,7-10,14-15,17-18,31H,2-3,5-6,11-13,16H2,1H3,(H,27,30). The number of rotatable bonds is 7. The quantitative estimate of drug-likeness (QED) is 0.507. The average molecular weight is 440 g/mol. The molecule has 0 saturated carbocycles. The highest BCUT2D eigenvalue weighted by Crippen LogP contribution is 2.29. The maximum absolute atomic E-state index is 12.6. The summed E-state index contributed by atoms with van der Waals surface area (Å²) >= 11 is 6.07. The summed E-state index contributed by atoms with van der Waals surface area (Å²) in [4.78, 5) is 15.1. The second-order valence-electron chi connectivity index (χ2n) is 8.50. The minimum atomic E-state index is -0.101. The maximum Gasteiger partial charge on any atom is 0.251 e. The molecule has 2 N–H and O–H groups in total. The fourth-order valence-corrected chi connectivity index (χ4v) is 4.63. The highest BCUT2D eigenvalue weighted by Gasteiger charge is 2.17. The molecule has 1 aliphatic heterocycles. The molecule has 1 amide bonds. The number of halogens is 1. The Balaban J connectivity index is 1.37. The number of carbonyl (C=O) groups excluding carboxylic acids is 1. The lowest BCUT2D eigenvalue weighted by Gasteiger charge is -2.33. The van der Waals surface area contributed by atoms with E-state index >= 15 is 0 Å². The molecule has 5 nitrogen and oxygen atoms in total. The van der Waals surface area contributed by atoms with Crippen molar-refractivity contribution in [2.24, 2.45) is 0 Å². The van der Waals surface area contributed by atoms with Crippen LogP contribution >= 0.6 is 11.6 Å². The molecule has 4 rings (SSSR count). The van der Waals surface area contributed by atoms with Crippen LogP contribution in [0.25, 0.3) is 10.8 Å². The predicted molar refractivity (Wildman–Crippen MR) is 126 cm³/mol. The number of benzene rings is 2. The topological polar surface area (TPSA) is 57.5 Å². The summed E-state index contributed by atoms with van der Waals surface area (Å²) in [6.07, 6.45) is 6.71. The van der Waals surface area contributed by atoms with E-state index in [1.54, 1.807) is 10.6 Å². The van der Waals surface area contributed by atoms with Crippen molar-refractivity contribution in [3.05, 3.63) is 64.8 Å². The normalized spacial score (nSPS) is 17.2. The second kappa shape index (κ2) is 9.75. The molecule has 2 heterocycles. The van der Waals surface area contributed by atoms with Crippen LogP contribution in [0.5, 0.6) is 5.88 Å². The minimum Gasteiger partial charge on any atom is -0.494 e. The fourth-order valence-electron chi connectivity index (χ4n) is 4.42. The van der Waals surface area contributed by atoms with E-state index in [-0.39, 0.29) is 11.8 Å². The van der Waals surface area contributed by atoms with Crippen molar-refractivity contribution >= 4 is 28.3 Å². The summed E-state index contributed by atoms with van der Waals surface area (Å²) in [6, 6.07) is 13.7. The van der Waals surface area contributed by atoms with Crippen molar-refractivity contribution in [2.75, 3.05) is 19.6 Å². The molecule has 0 aliphatic carbocycles. The van der Waals surface area contributed by atoms with E-state index in [0.29, 0.717) is 35.1 Å². The van der Waals surface area contributed by atoms with Crippen LogP contribution in [0.4, 0.5) is 0 Å². The van der Waals surface area contributed by atoms with Gasteiger partial charge in [-0.25, -0.2) is 0 Å². The highest BCUT2D eigenvalue weighted by molar-refractivity contribution is 6.30. The third kappa shape index (κ3) is 5.23. The average Bonchev–Trinajstić information content (AvgIpc) is 3.07. The van der Waals surface area contributed by atoms with Gasteiger partial charge < -0.3 is 19.9 Å². The van der Waals surface area contributed by atoms with Gasteiger partial charge in [0.1, 0.15) is 0 Å². The second-order valence-corrected chi connectivity index (χ2v) is 8.94. The molecular formula is C25H30ClN3O2. The fraction of sp³-hybridized carbons (Fsp3) is 0.400. The van der Waals surface area contributed by atoms with Crippen LogP contribution in [-0.4, -0.2) is 46.2 Å². The van der Waals surface area contributed by atoms with E-state index in [4.69, 9.17) is 11.6 Å². The van der Waals surface area contributed by atoms with E-state index in [0.717, 1.165) is 30.5 Å². The molecule has 0 radical (unpaired) electrons. The predicted octanol–water partition coefficient (Wildman–Crippen LogP) is 5.04. The Morgan fingerprint density at radius 1 is 1.23 bits per heavy atom. The van der Waals surface area contributed by atoms with Gasteiger partial charge >= 0.3 is 0 Å². The van der Waals surface area contributed by atoms with Gasteiger partial charge in [0.15, 0.2) is 5.88 Å². The Morgan fingerprint density at radius 2 is 2.10 bits per heavy atom. The molecule has 6 heteroatoms. The van der Waals surface area contributed by atoms with E-state index in [1.165, 1.54) is 19.3 Å². The first-order valence-electron chi connectivity index (χ1n) is 11.1. The van der Waals surface area contributed by atoms with Crippen molar-refractivity contribution in [3.63, 3.8) is 0 Å². The number of amides is 1. The van der Waals surface area contributed by atoms with Gasteiger partial charge in [-0.15, -0.1) is 0 Å². The van der Waals surface area contributed by atoms with Crippen LogP contribution < -0.4 is 5.32 Å². The maximum atomic E-state index is 12.6. The number of aromatic nitrogens is 1. The first-order valence-corrected chi connectivity index (χ1v) is 11.5. The third-order valence-electron chi connectivity index (χ3n) is 6.21. The van der Waals surface area contributed by atoms with Crippen LogP contribution in [0.15, 0.2) is 48.7 Å². The van der Waals surface area contributed by atoms with Gasteiger partial charge in [0.05, 0.1) is 6.54 Å². The van der Waals surface area contributed by atoms with Gasteiger partial charge in [-0.05, 0) is 62.6 Å². The Hall–Kier alpha value is -2.50. The Kier molecular flexibility index (Phi) is 6.83. The number of nitrogens with one attached hydrogen (secondary N) is 1. The number of aromatic hydroxyl groups is 1. The largest absolute Gasteiger partial charge is 0.494 e. The summed E-state index contributed by atoms with van der Waals surface area (Å²) in [5, 5.41) is 16.0. The van der Waals surface area contributed by atoms with Gasteiger partial charge in [0.2, 0.25) is 0 Å². The van der Waals surface area contributed by atoms with E-state index in [1.807, 2.05) is 42.6 Å². The van der Waals surface area contributed by atoms with Gasteiger partial charge in [-0.2, -0.15) is 0 Å². The number of nitrogens with zero attached hydrogens (tertiary/aromatic N) is 2. The van der Waals surface area contributed by atoms with Crippen molar-refractivity contribution in [3.8, 4) is 5.88 Å². The monoisotopic (exact) mass is 439 g/mol. The lowest BCUT2D eigenvalue weighted by molar-refractivity contribution is 0.0949. The molecule has 1 unspecified atom stereocenters. The molecule has 1 saturated heterocycles. The molecule has 1 fully saturated rings. The van der Waals surface area contributed by atoms with Crippen molar-refractivity contribution in [1.82, 2.24) is 14.8 Å². The van der Waals surface area contributed by atoms with Crippen LogP contribution in [0, 0.1) is 0 Å². The summed E-state index contributed by atoms with van der Waals surface area (Å²) < 4.78 is 1.78. The molecule has 0 spiro atoms.